The zero-order valence-corrected chi connectivity index (χ0v) is 13.6. The number of hydrogen-bond acceptors (Lipinski definition) is 3. The molecule has 0 spiro atoms. The number of nitrogens with zero attached hydrogens (tertiary/aromatic N) is 1. The van der Waals surface area contributed by atoms with E-state index in [0.717, 1.165) is 0 Å². The largest absolute Gasteiger partial charge is 0.325 e. The van der Waals surface area contributed by atoms with Crippen molar-refractivity contribution in [3.05, 3.63) is 29.6 Å². The highest BCUT2D eigenvalue weighted by Crippen LogP contribution is 2.23. The van der Waals surface area contributed by atoms with Crippen LogP contribution in [0.5, 0.6) is 0 Å². The van der Waals surface area contributed by atoms with E-state index >= 15 is 0 Å². The molecular weight excluding hydrogens is 307 g/mol. The van der Waals surface area contributed by atoms with Gasteiger partial charge in [0, 0.05) is 24.3 Å². The molecule has 2 rings (SSSR count). The Balaban J connectivity index is 2.08. The van der Waals surface area contributed by atoms with Gasteiger partial charge in [-0.25, -0.2) is 17.1 Å². The highest BCUT2D eigenvalue weighted by molar-refractivity contribution is 7.89. The molecule has 1 aliphatic heterocycles. The summed E-state index contributed by atoms with van der Waals surface area (Å²) in [6.45, 7) is 3.84. The topological polar surface area (TPSA) is 66.5 Å². The first kappa shape index (κ1) is 16.9. The number of nitrogens with one attached hydrogen (secondary N) is 1. The smallest absolute Gasteiger partial charge is 0.228 e. The number of sulfonamides is 1. The molecule has 5 nitrogen and oxygen atoms in total. The summed E-state index contributed by atoms with van der Waals surface area (Å²) in [6.07, 6.45) is 1.29. The third kappa shape index (κ3) is 3.64. The number of piperidine rings is 1. The molecule has 1 aromatic carbocycles. The number of benzene rings is 1. The maximum absolute atomic E-state index is 13.5. The molecule has 1 aromatic rings. The standard InChI is InChI=1S/C15H21FN2O3S/c1-3-22(20,21)18-9-5-6-12(10-18)15(19)17-14-8-4-7-13(16)11(14)2/h4,7-8,12H,3,5-6,9-10H2,1-2H3,(H,17,19)/t12-/m0/s1. The maximum Gasteiger partial charge on any atom is 0.228 e. The minimum atomic E-state index is -3.28. The molecule has 0 aliphatic carbocycles. The van der Waals surface area contributed by atoms with Crippen molar-refractivity contribution in [3.8, 4) is 0 Å². The van der Waals surface area contributed by atoms with Crippen LogP contribution in [0.25, 0.3) is 0 Å². The number of rotatable bonds is 4. The van der Waals surface area contributed by atoms with E-state index in [9.17, 15) is 17.6 Å². The van der Waals surface area contributed by atoms with E-state index in [0.29, 0.717) is 30.6 Å². The maximum atomic E-state index is 13.5. The first-order chi connectivity index (χ1) is 10.3. The molecule has 1 aliphatic rings. The van der Waals surface area contributed by atoms with Gasteiger partial charge in [-0.05, 0) is 38.8 Å². The van der Waals surface area contributed by atoms with E-state index in [1.807, 2.05) is 0 Å². The van der Waals surface area contributed by atoms with Crippen LogP contribution in [-0.2, 0) is 14.8 Å². The number of hydrogen-bond donors (Lipinski definition) is 1. The van der Waals surface area contributed by atoms with Gasteiger partial charge in [-0.3, -0.25) is 4.79 Å². The number of amides is 1. The van der Waals surface area contributed by atoms with E-state index in [1.54, 1.807) is 19.9 Å². The van der Waals surface area contributed by atoms with Gasteiger partial charge < -0.3 is 5.32 Å². The summed E-state index contributed by atoms with van der Waals surface area (Å²) in [5.74, 6) is -1.01. The molecule has 1 heterocycles. The fourth-order valence-electron chi connectivity index (χ4n) is 2.57. The summed E-state index contributed by atoms with van der Waals surface area (Å²) in [4.78, 5) is 12.3. The van der Waals surface area contributed by atoms with Crippen LogP contribution in [-0.4, -0.2) is 37.5 Å². The molecule has 0 radical (unpaired) electrons. The molecule has 7 heteroatoms. The lowest BCUT2D eigenvalue weighted by Crippen LogP contribution is -2.44. The van der Waals surface area contributed by atoms with Crippen molar-refractivity contribution in [1.82, 2.24) is 4.31 Å². The van der Waals surface area contributed by atoms with Gasteiger partial charge in [0.1, 0.15) is 5.82 Å². The molecule has 22 heavy (non-hydrogen) atoms. The van der Waals surface area contributed by atoms with Gasteiger partial charge in [-0.2, -0.15) is 0 Å². The Kier molecular flexibility index (Phi) is 5.18. The second-order valence-corrected chi connectivity index (χ2v) is 7.76. The Hall–Kier alpha value is -1.47. The molecule has 122 valence electrons. The minimum absolute atomic E-state index is 0.0321. The molecule has 0 bridgehead atoms. The lowest BCUT2D eigenvalue weighted by molar-refractivity contribution is -0.120. The lowest BCUT2D eigenvalue weighted by Gasteiger charge is -2.31. The van der Waals surface area contributed by atoms with Crippen LogP contribution >= 0.6 is 0 Å². The summed E-state index contributed by atoms with van der Waals surface area (Å²) < 4.78 is 38.7. The molecule has 1 atom stereocenters. The van der Waals surface area contributed by atoms with Crippen molar-refractivity contribution in [3.63, 3.8) is 0 Å². The Labute approximate surface area is 130 Å². The number of anilines is 1. The summed E-state index contributed by atoms with van der Waals surface area (Å²) in [7, 11) is -3.28. The fourth-order valence-corrected chi connectivity index (χ4v) is 3.75. The highest BCUT2D eigenvalue weighted by Gasteiger charge is 2.31. The quantitative estimate of drug-likeness (QED) is 0.921. The second-order valence-electron chi connectivity index (χ2n) is 5.50. The van der Waals surface area contributed by atoms with Gasteiger partial charge in [-0.15, -0.1) is 0 Å². The average molecular weight is 328 g/mol. The lowest BCUT2D eigenvalue weighted by atomic mass is 9.98. The zero-order chi connectivity index (χ0) is 16.3. The van der Waals surface area contributed by atoms with Gasteiger partial charge in [0.2, 0.25) is 15.9 Å². The third-order valence-electron chi connectivity index (χ3n) is 4.04. The van der Waals surface area contributed by atoms with Gasteiger partial charge in [0.15, 0.2) is 0 Å². The summed E-state index contributed by atoms with van der Waals surface area (Å²) in [5, 5.41) is 2.71. The van der Waals surface area contributed by atoms with Gasteiger partial charge in [-0.1, -0.05) is 6.07 Å². The van der Waals surface area contributed by atoms with Gasteiger partial charge in [0.05, 0.1) is 11.7 Å². The van der Waals surface area contributed by atoms with E-state index in [4.69, 9.17) is 0 Å². The molecule has 0 unspecified atom stereocenters. The van der Waals surface area contributed by atoms with E-state index in [2.05, 4.69) is 5.32 Å². The Morgan fingerprint density at radius 3 is 2.86 bits per heavy atom. The van der Waals surface area contributed by atoms with Crippen LogP contribution in [0.4, 0.5) is 10.1 Å². The van der Waals surface area contributed by atoms with Crippen molar-refractivity contribution in [1.29, 1.82) is 0 Å². The number of carbonyl (C=O) groups excluding carboxylic acids is 1. The molecule has 1 saturated heterocycles. The molecule has 1 N–H and O–H groups in total. The zero-order valence-electron chi connectivity index (χ0n) is 12.8. The molecular formula is C15H21FN2O3S. The van der Waals surface area contributed by atoms with Crippen molar-refractivity contribution >= 4 is 21.6 Å². The normalized spacial score (nSPS) is 19.9. The second kappa shape index (κ2) is 6.75. The predicted molar refractivity (Wildman–Crippen MR) is 83.5 cm³/mol. The predicted octanol–water partition coefficient (Wildman–Crippen LogP) is 2.13. The fraction of sp³-hybridized carbons (Fsp3) is 0.533. The molecule has 1 amide bonds. The molecule has 1 fully saturated rings. The van der Waals surface area contributed by atoms with E-state index < -0.39 is 15.9 Å². The Morgan fingerprint density at radius 2 is 2.18 bits per heavy atom. The van der Waals surface area contributed by atoms with E-state index in [-0.39, 0.29) is 24.0 Å². The first-order valence-electron chi connectivity index (χ1n) is 7.39. The van der Waals surface area contributed by atoms with Crippen LogP contribution in [0.3, 0.4) is 0 Å². The first-order valence-corrected chi connectivity index (χ1v) is 9.00. The average Bonchev–Trinajstić information content (AvgIpc) is 2.52. The van der Waals surface area contributed by atoms with E-state index in [1.165, 1.54) is 16.4 Å². The van der Waals surface area contributed by atoms with Gasteiger partial charge >= 0.3 is 0 Å². The van der Waals surface area contributed by atoms with Crippen molar-refractivity contribution < 1.29 is 17.6 Å². The van der Waals surface area contributed by atoms with Crippen LogP contribution in [0.1, 0.15) is 25.3 Å². The van der Waals surface area contributed by atoms with Crippen LogP contribution in [0.15, 0.2) is 18.2 Å². The third-order valence-corrected chi connectivity index (χ3v) is 5.89. The monoisotopic (exact) mass is 328 g/mol. The Morgan fingerprint density at radius 1 is 1.45 bits per heavy atom. The molecule has 0 saturated carbocycles. The summed E-state index contributed by atoms with van der Waals surface area (Å²) >= 11 is 0. The van der Waals surface area contributed by atoms with Gasteiger partial charge in [0.25, 0.3) is 0 Å². The van der Waals surface area contributed by atoms with Crippen LogP contribution < -0.4 is 5.32 Å². The summed E-state index contributed by atoms with van der Waals surface area (Å²) in [5.41, 5.74) is 0.810. The van der Waals surface area contributed by atoms with Crippen molar-refractivity contribution in [2.75, 3.05) is 24.2 Å². The highest BCUT2D eigenvalue weighted by atomic mass is 32.2. The Bertz CT molecular complexity index is 661. The van der Waals surface area contributed by atoms with Crippen molar-refractivity contribution in [2.24, 2.45) is 5.92 Å². The van der Waals surface area contributed by atoms with Crippen molar-refractivity contribution in [2.45, 2.75) is 26.7 Å². The molecule has 0 aromatic heterocycles. The van der Waals surface area contributed by atoms with Crippen LogP contribution in [0.2, 0.25) is 0 Å². The SMILES string of the molecule is CCS(=O)(=O)N1CCC[C@H](C(=O)Nc2cccc(F)c2C)C1. The number of halogens is 1. The summed E-state index contributed by atoms with van der Waals surface area (Å²) in [6, 6.07) is 4.51. The number of carbonyl (C=O) groups is 1. The van der Waals surface area contributed by atoms with Crippen LogP contribution in [0, 0.1) is 18.7 Å². The minimum Gasteiger partial charge on any atom is -0.325 e.